The van der Waals surface area contributed by atoms with Gasteiger partial charge in [0.05, 0.1) is 6.61 Å². The van der Waals surface area contributed by atoms with E-state index < -0.39 is 0 Å². The van der Waals surface area contributed by atoms with Crippen molar-refractivity contribution in [1.82, 2.24) is 9.80 Å². The van der Waals surface area contributed by atoms with Gasteiger partial charge in [-0.3, -0.25) is 4.90 Å². The first kappa shape index (κ1) is 17.3. The highest BCUT2D eigenvalue weighted by molar-refractivity contribution is 5.89. The molecule has 2 amide bonds. The summed E-state index contributed by atoms with van der Waals surface area (Å²) in [6.45, 7) is 6.75. The number of anilines is 1. The van der Waals surface area contributed by atoms with Gasteiger partial charge < -0.3 is 15.0 Å². The largest absolute Gasteiger partial charge is 0.494 e. The molecule has 3 rings (SSSR count). The molecule has 2 aromatic carbocycles. The minimum absolute atomic E-state index is 0.0481. The van der Waals surface area contributed by atoms with E-state index in [9.17, 15) is 4.79 Å². The molecule has 25 heavy (non-hydrogen) atoms. The number of hydrogen-bond acceptors (Lipinski definition) is 3. The maximum Gasteiger partial charge on any atom is 0.321 e. The number of amides is 2. The zero-order valence-electron chi connectivity index (χ0n) is 14.6. The molecule has 0 aromatic heterocycles. The molecular formula is C20H25N3O2. The number of benzene rings is 2. The van der Waals surface area contributed by atoms with Crippen molar-refractivity contribution in [2.24, 2.45) is 0 Å². The first-order valence-electron chi connectivity index (χ1n) is 8.79. The van der Waals surface area contributed by atoms with Gasteiger partial charge in [0.2, 0.25) is 0 Å². The molecule has 5 heteroatoms. The van der Waals surface area contributed by atoms with Crippen molar-refractivity contribution in [3.05, 3.63) is 60.2 Å². The topological polar surface area (TPSA) is 44.8 Å². The summed E-state index contributed by atoms with van der Waals surface area (Å²) in [5.74, 6) is 0.771. The Labute approximate surface area is 149 Å². The van der Waals surface area contributed by atoms with Crippen molar-refractivity contribution in [2.45, 2.75) is 13.5 Å². The van der Waals surface area contributed by atoms with E-state index >= 15 is 0 Å². The molecule has 132 valence electrons. The molecule has 1 aliphatic rings. The van der Waals surface area contributed by atoms with E-state index in [0.717, 1.165) is 44.2 Å². The number of nitrogens with zero attached hydrogens (tertiary/aromatic N) is 2. The number of carbonyl (C=O) groups is 1. The van der Waals surface area contributed by atoms with Gasteiger partial charge in [-0.25, -0.2) is 4.79 Å². The standard InChI is InChI=1S/C20H25N3O2/c1-2-25-19-10-6-9-18(15-19)21-20(24)23-13-11-22(12-14-23)16-17-7-4-3-5-8-17/h3-10,15H,2,11-14,16H2,1H3,(H,21,24). The van der Waals surface area contributed by atoms with Gasteiger partial charge in [0.15, 0.2) is 0 Å². The maximum absolute atomic E-state index is 12.5. The van der Waals surface area contributed by atoms with E-state index in [2.05, 4.69) is 34.5 Å². The van der Waals surface area contributed by atoms with E-state index in [0.29, 0.717) is 6.61 Å². The molecular weight excluding hydrogens is 314 g/mol. The summed E-state index contributed by atoms with van der Waals surface area (Å²) in [4.78, 5) is 16.7. The summed E-state index contributed by atoms with van der Waals surface area (Å²) >= 11 is 0. The van der Waals surface area contributed by atoms with E-state index in [1.165, 1.54) is 5.56 Å². The number of carbonyl (C=O) groups excluding carboxylic acids is 1. The lowest BCUT2D eigenvalue weighted by atomic mass is 10.2. The molecule has 0 saturated carbocycles. The summed E-state index contributed by atoms with van der Waals surface area (Å²) in [6, 6.07) is 17.9. The Kier molecular flexibility index (Phi) is 5.90. The quantitative estimate of drug-likeness (QED) is 0.908. The van der Waals surface area contributed by atoms with E-state index in [-0.39, 0.29) is 6.03 Å². The van der Waals surface area contributed by atoms with Gasteiger partial charge in [0.25, 0.3) is 0 Å². The molecule has 5 nitrogen and oxygen atoms in total. The van der Waals surface area contributed by atoms with Gasteiger partial charge in [-0.05, 0) is 24.6 Å². The smallest absolute Gasteiger partial charge is 0.321 e. The van der Waals surface area contributed by atoms with Crippen LogP contribution in [0.25, 0.3) is 0 Å². The third kappa shape index (κ3) is 4.97. The lowest BCUT2D eigenvalue weighted by Crippen LogP contribution is -2.49. The second kappa shape index (κ2) is 8.53. The number of hydrogen-bond donors (Lipinski definition) is 1. The Morgan fingerprint density at radius 2 is 1.80 bits per heavy atom. The number of urea groups is 1. The van der Waals surface area contributed by atoms with Gasteiger partial charge in [-0.2, -0.15) is 0 Å². The van der Waals surface area contributed by atoms with Crippen molar-refractivity contribution in [3.8, 4) is 5.75 Å². The number of piperazine rings is 1. The molecule has 1 N–H and O–H groups in total. The van der Waals surface area contributed by atoms with Gasteiger partial charge >= 0.3 is 6.03 Å². The van der Waals surface area contributed by atoms with Crippen LogP contribution in [0.15, 0.2) is 54.6 Å². The third-order valence-electron chi connectivity index (χ3n) is 4.30. The van der Waals surface area contributed by atoms with Gasteiger partial charge in [-0.1, -0.05) is 36.4 Å². The second-order valence-electron chi connectivity index (χ2n) is 6.14. The number of ether oxygens (including phenoxy) is 1. The fourth-order valence-corrected chi connectivity index (χ4v) is 2.98. The number of nitrogens with one attached hydrogen (secondary N) is 1. The van der Waals surface area contributed by atoms with Crippen LogP contribution in [0.1, 0.15) is 12.5 Å². The van der Waals surface area contributed by atoms with E-state index in [4.69, 9.17) is 4.74 Å². The van der Waals surface area contributed by atoms with Crippen LogP contribution in [-0.4, -0.2) is 48.6 Å². The van der Waals surface area contributed by atoms with Crippen molar-refractivity contribution in [1.29, 1.82) is 0 Å². The predicted octanol–water partition coefficient (Wildman–Crippen LogP) is 3.44. The monoisotopic (exact) mass is 339 g/mol. The van der Waals surface area contributed by atoms with E-state index in [1.807, 2.05) is 42.2 Å². The Hall–Kier alpha value is -2.53. The molecule has 0 atom stereocenters. The highest BCUT2D eigenvalue weighted by Gasteiger charge is 2.21. The zero-order valence-corrected chi connectivity index (χ0v) is 14.6. The van der Waals surface area contributed by atoms with Crippen LogP contribution in [0, 0.1) is 0 Å². The van der Waals surface area contributed by atoms with Crippen molar-refractivity contribution in [3.63, 3.8) is 0 Å². The summed E-state index contributed by atoms with van der Waals surface area (Å²) in [6.07, 6.45) is 0. The van der Waals surface area contributed by atoms with Crippen LogP contribution < -0.4 is 10.1 Å². The maximum atomic E-state index is 12.5. The SMILES string of the molecule is CCOc1cccc(NC(=O)N2CCN(Cc3ccccc3)CC2)c1. The molecule has 0 bridgehead atoms. The van der Waals surface area contributed by atoms with Crippen LogP contribution in [0.2, 0.25) is 0 Å². The molecule has 0 radical (unpaired) electrons. The Balaban J connectivity index is 1.49. The van der Waals surface area contributed by atoms with Gasteiger partial charge in [-0.15, -0.1) is 0 Å². The summed E-state index contributed by atoms with van der Waals surface area (Å²) in [7, 11) is 0. The van der Waals surface area contributed by atoms with Crippen LogP contribution in [0.4, 0.5) is 10.5 Å². The van der Waals surface area contributed by atoms with Crippen LogP contribution >= 0.6 is 0 Å². The van der Waals surface area contributed by atoms with Gasteiger partial charge in [0, 0.05) is 44.5 Å². The Morgan fingerprint density at radius 3 is 2.52 bits per heavy atom. The predicted molar refractivity (Wildman–Crippen MR) is 99.9 cm³/mol. The van der Waals surface area contributed by atoms with Crippen molar-refractivity contribution >= 4 is 11.7 Å². The van der Waals surface area contributed by atoms with Crippen molar-refractivity contribution < 1.29 is 9.53 Å². The molecule has 1 fully saturated rings. The third-order valence-corrected chi connectivity index (χ3v) is 4.30. The summed E-state index contributed by atoms with van der Waals surface area (Å²) in [5, 5.41) is 2.96. The highest BCUT2D eigenvalue weighted by atomic mass is 16.5. The zero-order chi connectivity index (χ0) is 17.5. The lowest BCUT2D eigenvalue weighted by Gasteiger charge is -2.34. The second-order valence-corrected chi connectivity index (χ2v) is 6.14. The molecule has 0 aliphatic carbocycles. The van der Waals surface area contributed by atoms with Crippen LogP contribution in [0.5, 0.6) is 5.75 Å². The lowest BCUT2D eigenvalue weighted by molar-refractivity contribution is 0.143. The minimum Gasteiger partial charge on any atom is -0.494 e. The van der Waals surface area contributed by atoms with E-state index in [1.54, 1.807) is 0 Å². The minimum atomic E-state index is -0.0481. The summed E-state index contributed by atoms with van der Waals surface area (Å²) < 4.78 is 5.47. The normalized spacial score (nSPS) is 15.0. The molecule has 1 saturated heterocycles. The fraction of sp³-hybridized carbons (Fsp3) is 0.350. The Bertz CT molecular complexity index is 682. The first-order chi connectivity index (χ1) is 12.2. The fourth-order valence-electron chi connectivity index (χ4n) is 2.98. The Morgan fingerprint density at radius 1 is 1.04 bits per heavy atom. The molecule has 1 aliphatic heterocycles. The number of rotatable bonds is 5. The average molecular weight is 339 g/mol. The average Bonchev–Trinajstić information content (AvgIpc) is 2.64. The van der Waals surface area contributed by atoms with Crippen LogP contribution in [-0.2, 0) is 6.54 Å². The molecule has 0 spiro atoms. The van der Waals surface area contributed by atoms with Crippen LogP contribution in [0.3, 0.4) is 0 Å². The molecule has 1 heterocycles. The molecule has 0 unspecified atom stereocenters. The first-order valence-corrected chi connectivity index (χ1v) is 8.79. The van der Waals surface area contributed by atoms with Gasteiger partial charge in [0.1, 0.15) is 5.75 Å². The molecule has 2 aromatic rings. The van der Waals surface area contributed by atoms with Crippen molar-refractivity contribution in [2.75, 3.05) is 38.1 Å². The summed E-state index contributed by atoms with van der Waals surface area (Å²) in [5.41, 5.74) is 2.08. The highest BCUT2D eigenvalue weighted by Crippen LogP contribution is 2.18.